The van der Waals surface area contributed by atoms with Gasteiger partial charge in [-0.05, 0) is 111 Å². The van der Waals surface area contributed by atoms with E-state index in [0.29, 0.717) is 5.92 Å². The van der Waals surface area contributed by atoms with Crippen molar-refractivity contribution in [3.63, 3.8) is 0 Å². The van der Waals surface area contributed by atoms with Crippen LogP contribution in [0.5, 0.6) is 0 Å². The lowest BCUT2D eigenvalue weighted by molar-refractivity contribution is 0.956. The van der Waals surface area contributed by atoms with Crippen LogP contribution in [-0.2, 0) is 0 Å². The van der Waals surface area contributed by atoms with E-state index in [1.807, 2.05) is 0 Å². The van der Waals surface area contributed by atoms with Crippen LogP contribution in [0.1, 0.15) is 24.0 Å². The Morgan fingerprint density at radius 3 is 1.75 bits per heavy atom. The number of aromatic nitrogens is 1. The zero-order chi connectivity index (χ0) is 34.6. The van der Waals surface area contributed by atoms with Gasteiger partial charge in [0.15, 0.2) is 0 Å². The highest BCUT2D eigenvalue weighted by Crippen LogP contribution is 2.47. The summed E-state index contributed by atoms with van der Waals surface area (Å²) in [6, 6.07) is 70.7. The van der Waals surface area contributed by atoms with E-state index in [2.05, 4.69) is 211 Å². The molecule has 2 nitrogen and oxygen atoms in total. The van der Waals surface area contributed by atoms with Crippen molar-refractivity contribution in [1.29, 1.82) is 0 Å². The van der Waals surface area contributed by atoms with Crippen LogP contribution in [0.15, 0.2) is 194 Å². The SMILES string of the molecule is CC1c2ccccc2-c2ccc(N(c3ccccc3)c3ccc(-c4ccc5c(c4)c4ccccc4n5-c4ccc(-c5ccccc5)cc4)cc3)cc21. The molecular formula is C50H36N2. The third-order valence-corrected chi connectivity index (χ3v) is 10.9. The maximum Gasteiger partial charge on any atom is 0.0541 e. The largest absolute Gasteiger partial charge is 0.310 e. The van der Waals surface area contributed by atoms with Crippen LogP contribution < -0.4 is 4.90 Å². The molecule has 0 fully saturated rings. The van der Waals surface area contributed by atoms with E-state index in [1.165, 1.54) is 72.0 Å². The average molecular weight is 665 g/mol. The molecule has 9 aromatic rings. The van der Waals surface area contributed by atoms with Gasteiger partial charge in [-0.15, -0.1) is 0 Å². The van der Waals surface area contributed by atoms with Gasteiger partial charge in [-0.25, -0.2) is 0 Å². The molecule has 0 N–H and O–H groups in total. The molecule has 1 aliphatic carbocycles. The van der Waals surface area contributed by atoms with Crippen molar-refractivity contribution < 1.29 is 0 Å². The van der Waals surface area contributed by atoms with Crippen LogP contribution in [0.25, 0.3) is 60.9 Å². The maximum absolute atomic E-state index is 2.39. The first-order chi connectivity index (χ1) is 25.7. The smallest absolute Gasteiger partial charge is 0.0541 e. The fourth-order valence-corrected chi connectivity index (χ4v) is 8.27. The minimum Gasteiger partial charge on any atom is -0.310 e. The van der Waals surface area contributed by atoms with E-state index in [9.17, 15) is 0 Å². The third kappa shape index (κ3) is 4.95. The quantitative estimate of drug-likeness (QED) is 0.172. The van der Waals surface area contributed by atoms with E-state index in [-0.39, 0.29) is 0 Å². The van der Waals surface area contributed by atoms with E-state index in [0.717, 1.165) is 17.1 Å². The molecule has 0 spiro atoms. The first kappa shape index (κ1) is 30.2. The topological polar surface area (TPSA) is 8.17 Å². The molecule has 246 valence electrons. The summed E-state index contributed by atoms with van der Waals surface area (Å²) in [5.41, 5.74) is 17.4. The van der Waals surface area contributed by atoms with Crippen LogP contribution in [0.4, 0.5) is 17.1 Å². The molecule has 10 rings (SSSR count). The lowest BCUT2D eigenvalue weighted by atomic mass is 9.98. The minimum atomic E-state index is 0.362. The summed E-state index contributed by atoms with van der Waals surface area (Å²) in [5, 5.41) is 2.51. The molecular weight excluding hydrogens is 629 g/mol. The number of anilines is 3. The molecule has 1 aromatic heterocycles. The van der Waals surface area contributed by atoms with Crippen molar-refractivity contribution in [2.45, 2.75) is 12.8 Å². The molecule has 1 atom stereocenters. The highest BCUT2D eigenvalue weighted by molar-refractivity contribution is 6.10. The van der Waals surface area contributed by atoms with Gasteiger partial charge in [0.05, 0.1) is 11.0 Å². The zero-order valence-electron chi connectivity index (χ0n) is 28.9. The standard InChI is InChI=1S/C50H36N2/c1-34-43-16-8-9-17-44(43)45-30-29-42(33-47(34)45)51(39-14-6-3-7-15-39)40-25-22-37(23-26-40)38-24-31-50-48(32-38)46-18-10-11-19-49(46)52(50)41-27-20-36(21-28-41)35-12-4-2-5-13-35/h2-34H,1H3. The summed E-state index contributed by atoms with van der Waals surface area (Å²) < 4.78 is 2.39. The Bertz CT molecular complexity index is 2720. The molecule has 52 heavy (non-hydrogen) atoms. The second kappa shape index (κ2) is 12.3. The van der Waals surface area contributed by atoms with E-state index < -0.39 is 0 Å². The van der Waals surface area contributed by atoms with E-state index in [4.69, 9.17) is 0 Å². The summed E-state index contributed by atoms with van der Waals surface area (Å²) >= 11 is 0. The number of hydrogen-bond acceptors (Lipinski definition) is 1. The van der Waals surface area contributed by atoms with Gasteiger partial charge in [0, 0.05) is 39.4 Å². The zero-order valence-corrected chi connectivity index (χ0v) is 28.9. The van der Waals surface area contributed by atoms with Gasteiger partial charge in [-0.3, -0.25) is 0 Å². The van der Waals surface area contributed by atoms with Crippen LogP contribution in [0.3, 0.4) is 0 Å². The Morgan fingerprint density at radius 1 is 0.385 bits per heavy atom. The van der Waals surface area contributed by atoms with Gasteiger partial charge in [0.2, 0.25) is 0 Å². The first-order valence-electron chi connectivity index (χ1n) is 18.1. The van der Waals surface area contributed by atoms with Gasteiger partial charge in [-0.1, -0.05) is 134 Å². The number of hydrogen-bond donors (Lipinski definition) is 0. The lowest BCUT2D eigenvalue weighted by Crippen LogP contribution is -2.10. The van der Waals surface area contributed by atoms with Crippen molar-refractivity contribution in [2.24, 2.45) is 0 Å². The van der Waals surface area contributed by atoms with Crippen LogP contribution in [-0.4, -0.2) is 4.57 Å². The lowest BCUT2D eigenvalue weighted by Gasteiger charge is -2.26. The number of para-hydroxylation sites is 2. The predicted octanol–water partition coefficient (Wildman–Crippen LogP) is 13.7. The third-order valence-electron chi connectivity index (χ3n) is 10.9. The predicted molar refractivity (Wildman–Crippen MR) is 219 cm³/mol. The summed E-state index contributed by atoms with van der Waals surface area (Å²) in [5.74, 6) is 0.362. The fraction of sp³-hybridized carbons (Fsp3) is 0.0400. The molecule has 0 radical (unpaired) electrons. The number of rotatable bonds is 6. The second-order valence-electron chi connectivity index (χ2n) is 13.8. The number of benzene rings is 8. The molecule has 8 aromatic carbocycles. The van der Waals surface area contributed by atoms with Crippen molar-refractivity contribution in [3.8, 4) is 39.1 Å². The van der Waals surface area contributed by atoms with Crippen LogP contribution in [0, 0.1) is 0 Å². The Balaban J connectivity index is 1.02. The summed E-state index contributed by atoms with van der Waals surface area (Å²) in [6.45, 7) is 2.33. The molecule has 2 heteroatoms. The average Bonchev–Trinajstić information content (AvgIpc) is 3.70. The second-order valence-corrected chi connectivity index (χ2v) is 13.8. The molecule has 0 amide bonds. The monoisotopic (exact) mass is 664 g/mol. The maximum atomic E-state index is 2.39. The Morgan fingerprint density at radius 2 is 0.942 bits per heavy atom. The van der Waals surface area contributed by atoms with Gasteiger partial charge >= 0.3 is 0 Å². The van der Waals surface area contributed by atoms with Gasteiger partial charge in [0.1, 0.15) is 0 Å². The number of fused-ring (bicyclic) bond motifs is 6. The summed E-state index contributed by atoms with van der Waals surface area (Å²) in [7, 11) is 0. The molecule has 1 aliphatic rings. The highest BCUT2D eigenvalue weighted by atomic mass is 15.1. The fourth-order valence-electron chi connectivity index (χ4n) is 8.27. The van der Waals surface area contributed by atoms with Crippen LogP contribution in [0.2, 0.25) is 0 Å². The van der Waals surface area contributed by atoms with Crippen molar-refractivity contribution in [1.82, 2.24) is 4.57 Å². The Labute approximate surface area is 304 Å². The van der Waals surface area contributed by atoms with E-state index >= 15 is 0 Å². The number of nitrogens with zero attached hydrogens (tertiary/aromatic N) is 2. The van der Waals surface area contributed by atoms with Crippen LogP contribution >= 0.6 is 0 Å². The molecule has 1 heterocycles. The molecule has 0 bridgehead atoms. The van der Waals surface area contributed by atoms with Crippen molar-refractivity contribution >= 4 is 38.9 Å². The summed E-state index contributed by atoms with van der Waals surface area (Å²) in [4.78, 5) is 2.37. The minimum absolute atomic E-state index is 0.362. The summed E-state index contributed by atoms with van der Waals surface area (Å²) in [6.07, 6.45) is 0. The molecule has 0 aliphatic heterocycles. The van der Waals surface area contributed by atoms with Gasteiger partial charge < -0.3 is 9.47 Å². The van der Waals surface area contributed by atoms with Gasteiger partial charge in [0.25, 0.3) is 0 Å². The normalized spacial score (nSPS) is 13.3. The van der Waals surface area contributed by atoms with Gasteiger partial charge in [-0.2, -0.15) is 0 Å². The Kier molecular flexibility index (Phi) is 7.14. The van der Waals surface area contributed by atoms with Crippen molar-refractivity contribution in [2.75, 3.05) is 4.90 Å². The molecule has 0 saturated carbocycles. The van der Waals surface area contributed by atoms with Crippen molar-refractivity contribution in [3.05, 3.63) is 205 Å². The first-order valence-corrected chi connectivity index (χ1v) is 18.1. The Hall–Kier alpha value is -6.64. The molecule has 1 unspecified atom stereocenters. The highest BCUT2D eigenvalue weighted by Gasteiger charge is 2.26. The van der Waals surface area contributed by atoms with E-state index in [1.54, 1.807) is 0 Å². The molecule has 0 saturated heterocycles.